The summed E-state index contributed by atoms with van der Waals surface area (Å²) >= 11 is 0. The Kier molecular flexibility index (Phi) is 3.37. The van der Waals surface area contributed by atoms with Crippen LogP contribution >= 0.6 is 0 Å². The molecule has 110 valence electrons. The normalized spacial score (nSPS) is 20.7. The summed E-state index contributed by atoms with van der Waals surface area (Å²) in [5, 5.41) is 0. The van der Waals surface area contributed by atoms with E-state index in [4.69, 9.17) is 16.2 Å². The first-order valence-corrected chi connectivity index (χ1v) is 6.60. The maximum atomic E-state index is 11.4. The number of carbonyl (C=O) groups excluding carboxylic acids is 1. The van der Waals surface area contributed by atoms with Gasteiger partial charge in [-0.15, -0.1) is 0 Å². The van der Waals surface area contributed by atoms with E-state index in [9.17, 15) is 4.79 Å². The van der Waals surface area contributed by atoms with E-state index in [1.807, 2.05) is 27.7 Å². The van der Waals surface area contributed by atoms with E-state index < -0.39 is 5.91 Å². The van der Waals surface area contributed by atoms with Gasteiger partial charge in [-0.2, -0.15) is 0 Å². The van der Waals surface area contributed by atoms with E-state index >= 15 is 0 Å². The van der Waals surface area contributed by atoms with Crippen molar-refractivity contribution in [1.82, 2.24) is 4.98 Å². The number of rotatable bonds is 2. The molecule has 1 saturated heterocycles. The summed E-state index contributed by atoms with van der Waals surface area (Å²) in [6, 6.07) is 1.65. The molecular formula is C14H22N4O2. The fraction of sp³-hybridized carbons (Fsp3) is 0.571. The zero-order chi connectivity index (χ0) is 15.1. The largest absolute Gasteiger partial charge is 0.397 e. The first-order chi connectivity index (χ1) is 9.10. The molecule has 2 heterocycles. The Labute approximate surface area is 119 Å². The number of hydrogen-bond donors (Lipinski definition) is 2. The van der Waals surface area contributed by atoms with E-state index in [1.54, 1.807) is 6.07 Å². The van der Waals surface area contributed by atoms with E-state index in [1.165, 1.54) is 6.20 Å². The van der Waals surface area contributed by atoms with Crippen LogP contribution in [-0.4, -0.2) is 35.2 Å². The van der Waals surface area contributed by atoms with Gasteiger partial charge in [0.2, 0.25) is 0 Å². The number of pyridine rings is 1. The lowest BCUT2D eigenvalue weighted by Gasteiger charge is -2.47. The number of morpholine rings is 1. The van der Waals surface area contributed by atoms with Crippen molar-refractivity contribution in [2.75, 3.05) is 23.7 Å². The molecule has 4 N–H and O–H groups in total. The maximum Gasteiger partial charge on any atom is 0.250 e. The fourth-order valence-electron chi connectivity index (χ4n) is 2.79. The van der Waals surface area contributed by atoms with Crippen molar-refractivity contribution in [2.24, 2.45) is 5.73 Å². The molecule has 0 aliphatic carbocycles. The molecular weight excluding hydrogens is 256 g/mol. The van der Waals surface area contributed by atoms with Crippen molar-refractivity contribution in [3.05, 3.63) is 17.8 Å². The molecule has 0 saturated carbocycles. The third kappa shape index (κ3) is 3.01. The molecule has 1 aliphatic rings. The third-order valence-electron chi connectivity index (χ3n) is 3.21. The molecule has 0 unspecified atom stereocenters. The second-order valence-electron chi connectivity index (χ2n) is 6.47. The molecule has 1 amide bonds. The van der Waals surface area contributed by atoms with E-state index in [0.717, 1.165) is 0 Å². The summed E-state index contributed by atoms with van der Waals surface area (Å²) in [5.41, 5.74) is 11.1. The monoisotopic (exact) mass is 278 g/mol. The number of primary amides is 1. The molecule has 1 aromatic heterocycles. The number of nitrogens with two attached hydrogens (primary N) is 2. The lowest BCUT2D eigenvalue weighted by atomic mass is 9.99. The number of anilines is 2. The molecule has 0 atom stereocenters. The molecule has 1 fully saturated rings. The van der Waals surface area contributed by atoms with Gasteiger partial charge in [0.05, 0.1) is 28.6 Å². The molecule has 0 aromatic carbocycles. The van der Waals surface area contributed by atoms with Gasteiger partial charge < -0.3 is 21.1 Å². The molecule has 2 rings (SSSR count). The molecule has 1 aromatic rings. The van der Waals surface area contributed by atoms with Crippen LogP contribution in [0.4, 0.5) is 11.5 Å². The molecule has 20 heavy (non-hydrogen) atoms. The lowest BCUT2D eigenvalue weighted by molar-refractivity contribution is -0.133. The van der Waals surface area contributed by atoms with Crippen LogP contribution in [0.5, 0.6) is 0 Å². The molecule has 1 aliphatic heterocycles. The van der Waals surface area contributed by atoms with Gasteiger partial charge in [-0.25, -0.2) is 4.98 Å². The topological polar surface area (TPSA) is 94.5 Å². The van der Waals surface area contributed by atoms with Crippen molar-refractivity contribution in [3.8, 4) is 0 Å². The van der Waals surface area contributed by atoms with E-state index in [0.29, 0.717) is 30.2 Å². The maximum absolute atomic E-state index is 11.4. The Morgan fingerprint density at radius 1 is 1.30 bits per heavy atom. The van der Waals surface area contributed by atoms with Gasteiger partial charge in [-0.3, -0.25) is 4.79 Å². The second kappa shape index (κ2) is 4.63. The summed E-state index contributed by atoms with van der Waals surface area (Å²) in [6.45, 7) is 9.51. The zero-order valence-electron chi connectivity index (χ0n) is 12.4. The van der Waals surface area contributed by atoms with Gasteiger partial charge >= 0.3 is 0 Å². The van der Waals surface area contributed by atoms with Crippen LogP contribution in [0, 0.1) is 0 Å². The highest BCUT2D eigenvalue weighted by molar-refractivity contribution is 5.98. The number of amides is 1. The van der Waals surface area contributed by atoms with Crippen LogP contribution in [0.2, 0.25) is 0 Å². The molecule has 6 heteroatoms. The fourth-order valence-corrected chi connectivity index (χ4v) is 2.79. The summed E-state index contributed by atoms with van der Waals surface area (Å²) < 4.78 is 6.03. The van der Waals surface area contributed by atoms with Crippen LogP contribution < -0.4 is 16.4 Å². The average Bonchev–Trinajstić information content (AvgIpc) is 2.24. The second-order valence-corrected chi connectivity index (χ2v) is 6.47. The summed E-state index contributed by atoms with van der Waals surface area (Å²) in [7, 11) is 0. The van der Waals surface area contributed by atoms with Crippen molar-refractivity contribution in [1.29, 1.82) is 0 Å². The Bertz CT molecular complexity index is 524. The molecule has 0 spiro atoms. The third-order valence-corrected chi connectivity index (χ3v) is 3.21. The first-order valence-electron chi connectivity index (χ1n) is 6.60. The number of nitrogens with zero attached hydrogens (tertiary/aromatic N) is 2. The summed E-state index contributed by atoms with van der Waals surface area (Å²) in [4.78, 5) is 17.8. The number of ether oxygens (including phenoxy) is 1. The predicted molar refractivity (Wildman–Crippen MR) is 78.6 cm³/mol. The summed E-state index contributed by atoms with van der Waals surface area (Å²) in [6.07, 6.45) is 1.48. The summed E-state index contributed by atoms with van der Waals surface area (Å²) in [5.74, 6) is 0.148. The number of nitrogen functional groups attached to an aromatic ring is 1. The predicted octanol–water partition coefficient (Wildman–Crippen LogP) is 1.16. The number of hydrogen-bond acceptors (Lipinski definition) is 5. The zero-order valence-corrected chi connectivity index (χ0v) is 12.4. The molecule has 6 nitrogen and oxygen atoms in total. The standard InChI is InChI=1S/C14H22N4O2/c1-13(2)7-18(8-14(3,4)20-13)11-5-9(12(16)19)10(15)6-17-11/h5-6H,7-8,15H2,1-4H3,(H2,16,19). The highest BCUT2D eigenvalue weighted by atomic mass is 16.5. The van der Waals surface area contributed by atoms with Gasteiger partial charge in [-0.05, 0) is 33.8 Å². The van der Waals surface area contributed by atoms with Gasteiger partial charge in [0.25, 0.3) is 5.91 Å². The molecule has 0 radical (unpaired) electrons. The van der Waals surface area contributed by atoms with Crippen molar-refractivity contribution < 1.29 is 9.53 Å². The minimum Gasteiger partial charge on any atom is -0.397 e. The van der Waals surface area contributed by atoms with Crippen LogP contribution in [0.15, 0.2) is 12.3 Å². The van der Waals surface area contributed by atoms with Gasteiger partial charge in [0.15, 0.2) is 0 Å². The van der Waals surface area contributed by atoms with Gasteiger partial charge in [0, 0.05) is 13.1 Å². The Balaban J connectivity index is 2.36. The van der Waals surface area contributed by atoms with Crippen LogP contribution in [0.3, 0.4) is 0 Å². The smallest absolute Gasteiger partial charge is 0.250 e. The quantitative estimate of drug-likeness (QED) is 0.846. The lowest BCUT2D eigenvalue weighted by Crippen LogP contribution is -2.57. The first kappa shape index (κ1) is 14.6. The number of aromatic nitrogens is 1. The van der Waals surface area contributed by atoms with Crippen molar-refractivity contribution >= 4 is 17.4 Å². The van der Waals surface area contributed by atoms with Crippen molar-refractivity contribution in [3.63, 3.8) is 0 Å². The Morgan fingerprint density at radius 2 is 1.85 bits per heavy atom. The Hall–Kier alpha value is -1.82. The van der Waals surface area contributed by atoms with Gasteiger partial charge in [0.1, 0.15) is 5.82 Å². The number of carbonyl (C=O) groups is 1. The van der Waals surface area contributed by atoms with Gasteiger partial charge in [-0.1, -0.05) is 0 Å². The highest BCUT2D eigenvalue weighted by Gasteiger charge is 2.38. The minimum atomic E-state index is -0.544. The van der Waals surface area contributed by atoms with Crippen molar-refractivity contribution in [2.45, 2.75) is 38.9 Å². The highest BCUT2D eigenvalue weighted by Crippen LogP contribution is 2.31. The van der Waals surface area contributed by atoms with E-state index in [2.05, 4.69) is 9.88 Å². The SMILES string of the molecule is CC1(C)CN(c2cc(C(N)=O)c(N)cn2)CC(C)(C)O1. The minimum absolute atomic E-state index is 0.294. The van der Waals surface area contributed by atoms with Crippen LogP contribution in [0.1, 0.15) is 38.1 Å². The van der Waals surface area contributed by atoms with E-state index in [-0.39, 0.29) is 11.2 Å². The van der Waals surface area contributed by atoms with Crippen LogP contribution in [-0.2, 0) is 4.74 Å². The van der Waals surface area contributed by atoms with Crippen LogP contribution in [0.25, 0.3) is 0 Å². The average molecular weight is 278 g/mol. The Morgan fingerprint density at radius 3 is 2.35 bits per heavy atom. The molecule has 0 bridgehead atoms.